The van der Waals surface area contributed by atoms with Crippen molar-refractivity contribution >= 4 is 17.2 Å². The van der Waals surface area contributed by atoms with Gasteiger partial charge in [0.05, 0.1) is 17.4 Å². The molecule has 2 aromatic heterocycles. The molecule has 23 heavy (non-hydrogen) atoms. The number of carbonyl (C=O) groups excluding carboxylic acids is 1. The van der Waals surface area contributed by atoms with Crippen LogP contribution in [0.5, 0.6) is 0 Å². The van der Waals surface area contributed by atoms with Gasteiger partial charge in [-0.25, -0.2) is 4.98 Å². The van der Waals surface area contributed by atoms with E-state index in [1.54, 1.807) is 11.3 Å². The number of rotatable bonds is 5. The minimum atomic E-state index is 0.251. The number of aromatic nitrogens is 3. The van der Waals surface area contributed by atoms with Gasteiger partial charge in [0, 0.05) is 63.3 Å². The molecule has 0 aliphatic carbocycles. The van der Waals surface area contributed by atoms with Crippen molar-refractivity contribution in [3.8, 4) is 0 Å². The van der Waals surface area contributed by atoms with Crippen LogP contribution in [0.2, 0.25) is 0 Å². The van der Waals surface area contributed by atoms with Crippen molar-refractivity contribution < 1.29 is 4.79 Å². The minimum absolute atomic E-state index is 0.251. The fraction of sp³-hybridized carbons (Fsp3) is 0.562. The molecule has 0 N–H and O–H groups in total. The lowest BCUT2D eigenvalue weighted by molar-refractivity contribution is -0.131. The molecule has 2 aromatic rings. The van der Waals surface area contributed by atoms with Gasteiger partial charge >= 0.3 is 0 Å². The molecule has 0 bridgehead atoms. The number of amides is 1. The van der Waals surface area contributed by atoms with Gasteiger partial charge in [0.2, 0.25) is 5.91 Å². The predicted molar refractivity (Wildman–Crippen MR) is 90.1 cm³/mol. The van der Waals surface area contributed by atoms with Crippen molar-refractivity contribution in [2.75, 3.05) is 26.2 Å². The second kappa shape index (κ2) is 7.70. The number of carbonyl (C=O) groups is 1. The lowest BCUT2D eigenvalue weighted by Gasteiger charge is -2.21. The largest absolute Gasteiger partial charge is 0.341 e. The van der Waals surface area contributed by atoms with Crippen molar-refractivity contribution in [1.82, 2.24) is 24.6 Å². The van der Waals surface area contributed by atoms with Crippen LogP contribution in [-0.4, -0.2) is 56.7 Å². The fourth-order valence-corrected chi connectivity index (χ4v) is 3.54. The Morgan fingerprint density at radius 2 is 2.22 bits per heavy atom. The highest BCUT2D eigenvalue weighted by Crippen LogP contribution is 2.11. The lowest BCUT2D eigenvalue weighted by Crippen LogP contribution is -2.35. The zero-order chi connectivity index (χ0) is 16.1. The zero-order valence-corrected chi connectivity index (χ0v) is 14.3. The van der Waals surface area contributed by atoms with Gasteiger partial charge in [-0.1, -0.05) is 0 Å². The van der Waals surface area contributed by atoms with Gasteiger partial charge < -0.3 is 4.90 Å². The van der Waals surface area contributed by atoms with Crippen LogP contribution in [0.3, 0.4) is 0 Å². The van der Waals surface area contributed by atoms with Crippen molar-refractivity contribution in [3.05, 3.63) is 34.5 Å². The Hall–Kier alpha value is -1.73. The highest BCUT2D eigenvalue weighted by Gasteiger charge is 2.19. The summed E-state index contributed by atoms with van der Waals surface area (Å²) in [5, 5.41) is 6.24. The molecule has 0 unspecified atom stereocenters. The lowest BCUT2D eigenvalue weighted by atomic mass is 10.2. The standard InChI is InChI=1S/C16H23N5OS/c1-19-10-14(9-18-19)11-20-5-2-6-21(8-7-20)16(22)4-3-15-12-23-13-17-15/h9-10,12-13H,2-8,11H2,1H3. The Morgan fingerprint density at radius 3 is 2.96 bits per heavy atom. The van der Waals surface area contributed by atoms with Crippen molar-refractivity contribution in [1.29, 1.82) is 0 Å². The van der Waals surface area contributed by atoms with Crippen molar-refractivity contribution in [3.63, 3.8) is 0 Å². The molecule has 0 saturated carbocycles. The maximum Gasteiger partial charge on any atom is 0.223 e. The summed E-state index contributed by atoms with van der Waals surface area (Å²) in [7, 11) is 1.94. The molecule has 124 valence electrons. The molecule has 6 nitrogen and oxygen atoms in total. The first-order valence-electron chi connectivity index (χ1n) is 8.05. The molecule has 0 spiro atoms. The topological polar surface area (TPSA) is 54.3 Å². The maximum absolute atomic E-state index is 12.4. The van der Waals surface area contributed by atoms with E-state index in [4.69, 9.17) is 0 Å². The highest BCUT2D eigenvalue weighted by atomic mass is 32.1. The summed E-state index contributed by atoms with van der Waals surface area (Å²) in [6.45, 7) is 4.55. The van der Waals surface area contributed by atoms with Gasteiger partial charge in [0.15, 0.2) is 0 Å². The summed E-state index contributed by atoms with van der Waals surface area (Å²) in [5.41, 5.74) is 4.08. The van der Waals surface area contributed by atoms with Gasteiger partial charge in [-0.15, -0.1) is 11.3 Å². The molecule has 0 aromatic carbocycles. The number of nitrogens with zero attached hydrogens (tertiary/aromatic N) is 5. The van der Waals surface area contributed by atoms with E-state index >= 15 is 0 Å². The molecule has 1 saturated heterocycles. The van der Waals surface area contributed by atoms with E-state index in [1.807, 2.05) is 33.7 Å². The van der Waals surface area contributed by atoms with E-state index < -0.39 is 0 Å². The van der Waals surface area contributed by atoms with Crippen LogP contribution in [0.4, 0.5) is 0 Å². The van der Waals surface area contributed by atoms with Crippen LogP contribution < -0.4 is 0 Å². The Kier molecular flexibility index (Phi) is 5.40. The first-order valence-corrected chi connectivity index (χ1v) is 9.00. The highest BCUT2D eigenvalue weighted by molar-refractivity contribution is 7.07. The van der Waals surface area contributed by atoms with Crippen LogP contribution in [0.1, 0.15) is 24.1 Å². The van der Waals surface area contributed by atoms with Gasteiger partial charge in [-0.05, 0) is 12.8 Å². The van der Waals surface area contributed by atoms with Gasteiger partial charge in [-0.2, -0.15) is 5.10 Å². The average Bonchev–Trinajstić information content (AvgIpc) is 3.13. The minimum Gasteiger partial charge on any atom is -0.341 e. The summed E-state index contributed by atoms with van der Waals surface area (Å²) in [5.74, 6) is 0.251. The summed E-state index contributed by atoms with van der Waals surface area (Å²) in [6.07, 6.45) is 6.32. The van der Waals surface area contributed by atoms with Gasteiger partial charge in [-0.3, -0.25) is 14.4 Å². The Morgan fingerprint density at radius 1 is 1.30 bits per heavy atom. The first-order chi connectivity index (χ1) is 11.2. The second-order valence-corrected chi connectivity index (χ2v) is 6.73. The van der Waals surface area contributed by atoms with E-state index in [0.717, 1.165) is 51.3 Å². The van der Waals surface area contributed by atoms with E-state index in [9.17, 15) is 4.79 Å². The third-order valence-corrected chi connectivity index (χ3v) is 4.82. The molecule has 3 rings (SSSR count). The van der Waals surface area contributed by atoms with E-state index in [-0.39, 0.29) is 5.91 Å². The smallest absolute Gasteiger partial charge is 0.223 e. The molecule has 7 heteroatoms. The number of hydrogen-bond donors (Lipinski definition) is 0. The SMILES string of the molecule is Cn1cc(CN2CCCN(C(=O)CCc3cscn3)CC2)cn1. The summed E-state index contributed by atoms with van der Waals surface area (Å²) >= 11 is 1.58. The zero-order valence-electron chi connectivity index (χ0n) is 13.5. The molecule has 1 amide bonds. The molecule has 1 aliphatic heterocycles. The summed E-state index contributed by atoms with van der Waals surface area (Å²) < 4.78 is 1.83. The first kappa shape index (κ1) is 16.1. The quantitative estimate of drug-likeness (QED) is 0.833. The Balaban J connectivity index is 1.46. The van der Waals surface area contributed by atoms with Crippen LogP contribution in [0.15, 0.2) is 23.3 Å². The number of hydrogen-bond acceptors (Lipinski definition) is 5. The number of aryl methyl sites for hydroxylation is 2. The monoisotopic (exact) mass is 333 g/mol. The summed E-state index contributed by atoms with van der Waals surface area (Å²) in [4.78, 5) is 21.0. The Bertz CT molecular complexity index is 624. The molecular formula is C16H23N5OS. The average molecular weight is 333 g/mol. The van der Waals surface area contributed by atoms with Crippen LogP contribution >= 0.6 is 11.3 Å². The van der Waals surface area contributed by atoms with Crippen LogP contribution in [0.25, 0.3) is 0 Å². The van der Waals surface area contributed by atoms with Crippen molar-refractivity contribution in [2.45, 2.75) is 25.8 Å². The molecule has 1 fully saturated rings. The third kappa shape index (κ3) is 4.62. The van der Waals surface area contributed by atoms with Crippen LogP contribution in [-0.2, 0) is 24.8 Å². The number of thiazole rings is 1. The molecule has 0 atom stereocenters. The normalized spacial score (nSPS) is 16.5. The van der Waals surface area contributed by atoms with Gasteiger partial charge in [0.1, 0.15) is 0 Å². The van der Waals surface area contributed by atoms with E-state index in [0.29, 0.717) is 6.42 Å². The molecule has 0 radical (unpaired) electrons. The molecule has 1 aliphatic rings. The van der Waals surface area contributed by atoms with Gasteiger partial charge in [0.25, 0.3) is 0 Å². The third-order valence-electron chi connectivity index (χ3n) is 4.18. The molecular weight excluding hydrogens is 310 g/mol. The molecule has 3 heterocycles. The van der Waals surface area contributed by atoms with E-state index in [2.05, 4.69) is 21.2 Å². The second-order valence-electron chi connectivity index (χ2n) is 6.01. The van der Waals surface area contributed by atoms with Crippen molar-refractivity contribution in [2.24, 2.45) is 7.05 Å². The predicted octanol–water partition coefficient (Wildman–Crippen LogP) is 1.54. The maximum atomic E-state index is 12.4. The van der Waals surface area contributed by atoms with Crippen LogP contribution in [0, 0.1) is 0 Å². The summed E-state index contributed by atoms with van der Waals surface area (Å²) in [6, 6.07) is 0. The Labute approximate surface area is 140 Å². The fourth-order valence-electron chi connectivity index (χ4n) is 2.94. The van der Waals surface area contributed by atoms with E-state index in [1.165, 1.54) is 5.56 Å².